The van der Waals surface area contributed by atoms with Crippen LogP contribution in [-0.2, 0) is 17.5 Å². The zero-order valence-corrected chi connectivity index (χ0v) is 15.1. The zero-order valence-electron chi connectivity index (χ0n) is 14.2. The van der Waals surface area contributed by atoms with Crippen LogP contribution in [0.1, 0.15) is 30.7 Å². The SMILES string of the molecule is O=C(NCc1cscn1)[C@H]1CC[C@@H](O)[C@H](Nc2cccc(C(F)(F)F)n2)C1. The molecule has 1 saturated carbocycles. The molecule has 2 aromatic rings. The van der Waals surface area contributed by atoms with Gasteiger partial charge in [0.15, 0.2) is 0 Å². The summed E-state index contributed by atoms with van der Waals surface area (Å²) in [6.07, 6.45) is -4.10. The number of aromatic nitrogens is 2. The molecule has 10 heteroatoms. The van der Waals surface area contributed by atoms with Crippen LogP contribution in [0, 0.1) is 5.92 Å². The number of hydrogen-bond acceptors (Lipinski definition) is 6. The van der Waals surface area contributed by atoms with E-state index in [1.54, 1.807) is 5.51 Å². The molecule has 0 aromatic carbocycles. The van der Waals surface area contributed by atoms with Gasteiger partial charge < -0.3 is 15.7 Å². The lowest BCUT2D eigenvalue weighted by Gasteiger charge is -2.33. The number of nitrogens with one attached hydrogen (secondary N) is 2. The number of anilines is 1. The lowest BCUT2D eigenvalue weighted by atomic mass is 9.83. The van der Waals surface area contributed by atoms with Gasteiger partial charge in [-0.3, -0.25) is 4.79 Å². The molecule has 27 heavy (non-hydrogen) atoms. The van der Waals surface area contributed by atoms with Gasteiger partial charge in [0.25, 0.3) is 0 Å². The molecule has 146 valence electrons. The van der Waals surface area contributed by atoms with Crippen molar-refractivity contribution in [1.82, 2.24) is 15.3 Å². The smallest absolute Gasteiger partial charge is 0.391 e. The first-order valence-electron chi connectivity index (χ1n) is 8.46. The van der Waals surface area contributed by atoms with Crippen molar-refractivity contribution in [1.29, 1.82) is 0 Å². The minimum absolute atomic E-state index is 0.0254. The molecule has 3 rings (SSSR count). The highest BCUT2D eigenvalue weighted by atomic mass is 32.1. The number of alkyl halides is 3. The van der Waals surface area contributed by atoms with E-state index in [1.807, 2.05) is 5.38 Å². The fourth-order valence-corrected chi connectivity index (χ4v) is 3.62. The highest BCUT2D eigenvalue weighted by Crippen LogP contribution is 2.30. The van der Waals surface area contributed by atoms with Crippen LogP contribution in [0.15, 0.2) is 29.1 Å². The Morgan fingerprint density at radius 2 is 2.15 bits per heavy atom. The van der Waals surface area contributed by atoms with Gasteiger partial charge in [-0.25, -0.2) is 9.97 Å². The molecule has 3 N–H and O–H groups in total. The topological polar surface area (TPSA) is 87.1 Å². The molecule has 0 spiro atoms. The third kappa shape index (κ3) is 5.16. The molecule has 3 atom stereocenters. The van der Waals surface area contributed by atoms with Crippen LogP contribution in [0.2, 0.25) is 0 Å². The number of aliphatic hydroxyl groups excluding tert-OH is 1. The van der Waals surface area contributed by atoms with E-state index in [9.17, 15) is 23.1 Å². The Kier molecular flexibility index (Phi) is 5.95. The van der Waals surface area contributed by atoms with Gasteiger partial charge in [0.1, 0.15) is 11.5 Å². The van der Waals surface area contributed by atoms with Crippen LogP contribution < -0.4 is 10.6 Å². The molecular weight excluding hydrogens is 381 g/mol. The Morgan fingerprint density at radius 3 is 2.85 bits per heavy atom. The lowest BCUT2D eigenvalue weighted by Crippen LogP contribution is -2.44. The maximum Gasteiger partial charge on any atom is 0.433 e. The number of rotatable bonds is 5. The number of nitrogens with zero attached hydrogens (tertiary/aromatic N) is 2. The van der Waals surface area contributed by atoms with Gasteiger partial charge in [0.2, 0.25) is 5.91 Å². The monoisotopic (exact) mass is 400 g/mol. The quantitative estimate of drug-likeness (QED) is 0.719. The van der Waals surface area contributed by atoms with E-state index in [0.29, 0.717) is 25.8 Å². The minimum atomic E-state index is -4.54. The van der Waals surface area contributed by atoms with E-state index < -0.39 is 24.0 Å². The van der Waals surface area contributed by atoms with E-state index in [4.69, 9.17) is 0 Å². The zero-order chi connectivity index (χ0) is 19.4. The fourth-order valence-electron chi connectivity index (χ4n) is 3.06. The van der Waals surface area contributed by atoms with E-state index >= 15 is 0 Å². The van der Waals surface area contributed by atoms with Gasteiger partial charge in [-0.05, 0) is 31.4 Å². The Hall–Kier alpha value is -2.20. The van der Waals surface area contributed by atoms with Crippen LogP contribution in [-0.4, -0.2) is 33.1 Å². The third-order valence-corrected chi connectivity index (χ3v) is 5.12. The summed E-state index contributed by atoms with van der Waals surface area (Å²) in [5.74, 6) is -0.466. The molecule has 6 nitrogen and oxygen atoms in total. The van der Waals surface area contributed by atoms with Gasteiger partial charge in [-0.2, -0.15) is 13.2 Å². The van der Waals surface area contributed by atoms with E-state index in [2.05, 4.69) is 20.6 Å². The second-order valence-corrected chi connectivity index (χ2v) is 7.15. The van der Waals surface area contributed by atoms with Crippen molar-refractivity contribution in [3.8, 4) is 0 Å². The number of halogens is 3. The average molecular weight is 400 g/mol. The van der Waals surface area contributed by atoms with Crippen molar-refractivity contribution in [2.75, 3.05) is 5.32 Å². The predicted octanol–water partition coefficient (Wildman–Crippen LogP) is 2.81. The standard InChI is InChI=1S/C17H19F3N4O2S/c18-17(19,20)14-2-1-3-15(24-14)23-12-6-10(4-5-13(12)25)16(26)21-7-11-8-27-9-22-11/h1-3,8-10,12-13,25H,4-7H2,(H,21,26)(H,23,24)/t10-,12+,13+/m0/s1. The van der Waals surface area contributed by atoms with E-state index in [-0.39, 0.29) is 17.6 Å². The summed E-state index contributed by atoms with van der Waals surface area (Å²) in [7, 11) is 0. The summed E-state index contributed by atoms with van der Waals surface area (Å²) >= 11 is 1.44. The normalized spacial score (nSPS) is 23.0. The first-order valence-corrected chi connectivity index (χ1v) is 9.41. The number of pyridine rings is 1. The molecule has 0 unspecified atom stereocenters. The summed E-state index contributed by atoms with van der Waals surface area (Å²) in [6.45, 7) is 0.328. The molecule has 0 saturated heterocycles. The van der Waals surface area contributed by atoms with Crippen molar-refractivity contribution in [3.05, 3.63) is 40.5 Å². The third-order valence-electron chi connectivity index (χ3n) is 4.48. The van der Waals surface area contributed by atoms with Crippen LogP contribution in [0.4, 0.5) is 19.0 Å². The molecule has 0 bridgehead atoms. The summed E-state index contributed by atoms with van der Waals surface area (Å²) in [5.41, 5.74) is 1.45. The van der Waals surface area contributed by atoms with Crippen LogP contribution in [0.3, 0.4) is 0 Å². The van der Waals surface area contributed by atoms with Crippen LogP contribution in [0.5, 0.6) is 0 Å². The Morgan fingerprint density at radius 1 is 1.33 bits per heavy atom. The van der Waals surface area contributed by atoms with Crippen molar-refractivity contribution in [2.24, 2.45) is 5.92 Å². The molecule has 2 heterocycles. The summed E-state index contributed by atoms with van der Waals surface area (Å²) in [6, 6.07) is 3.00. The molecule has 1 aliphatic rings. The molecule has 1 aliphatic carbocycles. The Balaban J connectivity index is 1.61. The summed E-state index contributed by atoms with van der Waals surface area (Å²) in [4.78, 5) is 20.0. The highest BCUT2D eigenvalue weighted by Gasteiger charge is 2.35. The van der Waals surface area contributed by atoms with Crippen molar-refractivity contribution in [3.63, 3.8) is 0 Å². The van der Waals surface area contributed by atoms with Crippen LogP contribution in [0.25, 0.3) is 0 Å². The average Bonchev–Trinajstić information content (AvgIpc) is 3.14. The maximum absolute atomic E-state index is 12.8. The number of thiazole rings is 1. The largest absolute Gasteiger partial charge is 0.433 e. The van der Waals surface area contributed by atoms with Gasteiger partial charge in [-0.1, -0.05) is 6.07 Å². The molecular formula is C17H19F3N4O2S. The molecule has 0 radical (unpaired) electrons. The predicted molar refractivity (Wildman–Crippen MR) is 94.0 cm³/mol. The maximum atomic E-state index is 12.8. The second kappa shape index (κ2) is 8.22. The van der Waals surface area contributed by atoms with Crippen molar-refractivity contribution < 1.29 is 23.1 Å². The second-order valence-electron chi connectivity index (χ2n) is 6.43. The number of carbonyl (C=O) groups excluding carboxylic acids is 1. The summed E-state index contributed by atoms with van der Waals surface area (Å²) < 4.78 is 38.4. The number of amides is 1. The van der Waals surface area contributed by atoms with Gasteiger partial charge >= 0.3 is 6.18 Å². The minimum Gasteiger partial charge on any atom is -0.391 e. The lowest BCUT2D eigenvalue weighted by molar-refractivity contribution is -0.141. The fraction of sp³-hybridized carbons (Fsp3) is 0.471. The summed E-state index contributed by atoms with van der Waals surface area (Å²) in [5, 5.41) is 17.7. The highest BCUT2D eigenvalue weighted by molar-refractivity contribution is 7.07. The number of hydrogen-bond donors (Lipinski definition) is 3. The van der Waals surface area contributed by atoms with Gasteiger partial charge in [0.05, 0.1) is 29.9 Å². The number of aliphatic hydroxyl groups is 1. The van der Waals surface area contributed by atoms with E-state index in [0.717, 1.165) is 11.8 Å². The van der Waals surface area contributed by atoms with Gasteiger partial charge in [0, 0.05) is 11.3 Å². The van der Waals surface area contributed by atoms with Crippen molar-refractivity contribution >= 4 is 23.1 Å². The van der Waals surface area contributed by atoms with Crippen molar-refractivity contribution in [2.45, 2.75) is 44.1 Å². The van der Waals surface area contributed by atoms with Gasteiger partial charge in [-0.15, -0.1) is 11.3 Å². The first kappa shape index (κ1) is 19.6. The molecule has 2 aromatic heterocycles. The Bertz CT molecular complexity index is 770. The number of carbonyl (C=O) groups is 1. The first-order chi connectivity index (χ1) is 12.8. The molecule has 1 amide bonds. The Labute approximate surface area is 157 Å². The van der Waals surface area contributed by atoms with Crippen LogP contribution >= 0.6 is 11.3 Å². The molecule has 1 fully saturated rings. The molecule has 0 aliphatic heterocycles. The van der Waals surface area contributed by atoms with E-state index in [1.165, 1.54) is 23.5 Å².